The molecule has 0 nitrogen and oxygen atoms in total. The summed E-state index contributed by atoms with van der Waals surface area (Å²) in [5, 5.41) is 3.18. The van der Waals surface area contributed by atoms with E-state index in [4.69, 9.17) is 0 Å². The number of hydrogen-bond donors (Lipinski definition) is 0. The summed E-state index contributed by atoms with van der Waals surface area (Å²) < 4.78 is 0. The molecule has 0 saturated carbocycles. The lowest BCUT2D eigenvalue weighted by atomic mass is 10.1. The van der Waals surface area contributed by atoms with Crippen molar-refractivity contribution < 1.29 is 0 Å². The topological polar surface area (TPSA) is 0 Å². The highest BCUT2D eigenvalue weighted by Gasteiger charge is 2.02. The molecule has 0 fully saturated rings. The van der Waals surface area contributed by atoms with Gasteiger partial charge in [0.25, 0.3) is 0 Å². The first kappa shape index (κ1) is 13.5. The van der Waals surface area contributed by atoms with Crippen LogP contribution in [-0.4, -0.2) is 15.2 Å². The fourth-order valence-corrected chi connectivity index (χ4v) is 3.90. The predicted molar refractivity (Wildman–Crippen MR) is 64.9 cm³/mol. The Bertz CT molecular complexity index is 89.3. The maximum absolute atomic E-state index is 2.39. The molecule has 1 heteroatoms. The van der Waals surface area contributed by atoms with Crippen molar-refractivity contribution in [1.29, 1.82) is 0 Å². The van der Waals surface area contributed by atoms with Gasteiger partial charge in [0, 0.05) is 0 Å². The zero-order valence-corrected chi connectivity index (χ0v) is 11.5. The standard InChI is InChI=1S/2C6H13.Al.H/c2*1-4-6(3)5-2;;/h2*6H,1,4-5H2,2-3H3;;. The van der Waals surface area contributed by atoms with Gasteiger partial charge in [-0.05, 0) is 11.8 Å². The van der Waals surface area contributed by atoms with E-state index in [1.54, 1.807) is 10.6 Å². The molecule has 0 aromatic heterocycles. The van der Waals surface area contributed by atoms with Gasteiger partial charge in [0.2, 0.25) is 15.2 Å². The highest BCUT2D eigenvalue weighted by molar-refractivity contribution is 6.35. The van der Waals surface area contributed by atoms with Crippen LogP contribution in [0.3, 0.4) is 0 Å². The molecule has 0 amide bonds. The molecule has 0 aliphatic rings. The maximum atomic E-state index is 2.39. The van der Waals surface area contributed by atoms with Gasteiger partial charge in [-0.3, -0.25) is 0 Å². The predicted octanol–water partition coefficient (Wildman–Crippen LogP) is 4.13. The van der Waals surface area contributed by atoms with Crippen LogP contribution in [-0.2, 0) is 0 Å². The molecule has 13 heavy (non-hydrogen) atoms. The third kappa shape index (κ3) is 8.85. The van der Waals surface area contributed by atoms with E-state index in [0.29, 0.717) is 15.2 Å². The number of hydrogen-bond acceptors (Lipinski definition) is 0. The summed E-state index contributed by atoms with van der Waals surface area (Å²) in [5.41, 5.74) is 0. The van der Waals surface area contributed by atoms with Gasteiger partial charge >= 0.3 is 0 Å². The van der Waals surface area contributed by atoms with Crippen LogP contribution < -0.4 is 0 Å². The minimum atomic E-state index is 0.307. The highest BCUT2D eigenvalue weighted by atomic mass is 27.1. The highest BCUT2D eigenvalue weighted by Crippen LogP contribution is 2.13. The summed E-state index contributed by atoms with van der Waals surface area (Å²) in [6.45, 7) is 9.41. The first-order valence-corrected chi connectivity index (χ1v) is 8.20. The second-order valence-corrected chi connectivity index (χ2v) is 6.79. The normalized spacial score (nSPS) is 15.4. The van der Waals surface area contributed by atoms with E-state index in [9.17, 15) is 0 Å². The lowest BCUT2D eigenvalue weighted by Gasteiger charge is -2.08. The molecule has 78 valence electrons. The second-order valence-electron chi connectivity index (χ2n) is 4.66. The average molecular weight is 198 g/mol. The van der Waals surface area contributed by atoms with Crippen molar-refractivity contribution in [3.63, 3.8) is 0 Å². The van der Waals surface area contributed by atoms with Crippen molar-refractivity contribution in [3.8, 4) is 0 Å². The van der Waals surface area contributed by atoms with Crippen molar-refractivity contribution in [3.05, 3.63) is 0 Å². The molecule has 0 N–H and O–H groups in total. The molecule has 0 saturated heterocycles. The molecule has 0 aromatic rings. The van der Waals surface area contributed by atoms with E-state index >= 15 is 0 Å². The first-order valence-electron chi connectivity index (χ1n) is 6.20. The molecule has 0 spiro atoms. The van der Waals surface area contributed by atoms with Crippen LogP contribution in [0.25, 0.3) is 0 Å². The zero-order valence-electron chi connectivity index (χ0n) is 10.1. The molecule has 2 atom stereocenters. The summed E-state index contributed by atoms with van der Waals surface area (Å²) >= 11 is 0.307. The van der Waals surface area contributed by atoms with Crippen LogP contribution in [0.5, 0.6) is 0 Å². The van der Waals surface area contributed by atoms with Gasteiger partial charge in [-0.1, -0.05) is 63.9 Å². The Morgan fingerprint density at radius 3 is 1.54 bits per heavy atom. The molecule has 0 aliphatic heterocycles. The van der Waals surface area contributed by atoms with E-state index in [1.807, 2.05) is 0 Å². The summed E-state index contributed by atoms with van der Waals surface area (Å²) in [6.07, 6.45) is 5.76. The zero-order chi connectivity index (χ0) is 10.1. The van der Waals surface area contributed by atoms with Crippen LogP contribution in [0.2, 0.25) is 10.6 Å². The van der Waals surface area contributed by atoms with E-state index < -0.39 is 0 Å². The lowest BCUT2D eigenvalue weighted by Crippen LogP contribution is -1.99. The van der Waals surface area contributed by atoms with Crippen molar-refractivity contribution >= 4 is 15.2 Å². The van der Waals surface area contributed by atoms with Gasteiger partial charge in [0.15, 0.2) is 0 Å². The molecule has 2 unspecified atom stereocenters. The van der Waals surface area contributed by atoms with Crippen molar-refractivity contribution in [2.75, 3.05) is 0 Å². The molecule has 0 heterocycles. The molecule has 0 aromatic carbocycles. The van der Waals surface area contributed by atoms with Crippen LogP contribution in [0.15, 0.2) is 0 Å². The van der Waals surface area contributed by atoms with Crippen molar-refractivity contribution in [2.24, 2.45) is 11.8 Å². The fraction of sp³-hybridized carbons (Fsp3) is 1.00. The molecule has 0 bridgehead atoms. The Balaban J connectivity index is 3.08. The van der Waals surface area contributed by atoms with Gasteiger partial charge in [-0.2, -0.15) is 0 Å². The van der Waals surface area contributed by atoms with Crippen LogP contribution in [0.1, 0.15) is 53.4 Å². The van der Waals surface area contributed by atoms with Crippen LogP contribution in [0, 0.1) is 11.8 Å². The third-order valence-electron chi connectivity index (χ3n) is 3.29. The van der Waals surface area contributed by atoms with E-state index in [2.05, 4.69) is 27.7 Å². The smallest absolute Gasteiger partial charge is 0.0970 e. The van der Waals surface area contributed by atoms with Gasteiger partial charge in [0.05, 0.1) is 0 Å². The van der Waals surface area contributed by atoms with Crippen LogP contribution >= 0.6 is 0 Å². The second kappa shape index (κ2) is 9.10. The Kier molecular flexibility index (Phi) is 9.47. The van der Waals surface area contributed by atoms with Crippen LogP contribution in [0.4, 0.5) is 0 Å². The Morgan fingerprint density at radius 2 is 1.23 bits per heavy atom. The number of rotatable bonds is 8. The Labute approximate surface area is 91.2 Å². The largest absolute Gasteiger partial charge is 0.236 e. The first-order chi connectivity index (χ1) is 6.20. The van der Waals surface area contributed by atoms with Gasteiger partial charge < -0.3 is 0 Å². The molecule has 0 rings (SSSR count). The van der Waals surface area contributed by atoms with Gasteiger partial charge in [-0.25, -0.2) is 0 Å². The molecular formula is C12H27Al. The molecule has 0 radical (unpaired) electrons. The quantitative estimate of drug-likeness (QED) is 0.406. The third-order valence-corrected chi connectivity index (χ3v) is 5.10. The minimum absolute atomic E-state index is 0.307. The minimum Gasteiger partial charge on any atom is -0.0970 e. The summed E-state index contributed by atoms with van der Waals surface area (Å²) in [7, 11) is 0. The van der Waals surface area contributed by atoms with E-state index in [1.165, 1.54) is 25.7 Å². The van der Waals surface area contributed by atoms with Gasteiger partial charge in [0.1, 0.15) is 0 Å². The summed E-state index contributed by atoms with van der Waals surface area (Å²) in [5.74, 6) is 1.96. The lowest BCUT2D eigenvalue weighted by molar-refractivity contribution is 0.533. The summed E-state index contributed by atoms with van der Waals surface area (Å²) in [6, 6.07) is 0. The molecule has 0 aliphatic carbocycles. The van der Waals surface area contributed by atoms with E-state index in [0.717, 1.165) is 11.8 Å². The fourth-order valence-electron chi connectivity index (χ4n) is 1.57. The SMILES string of the molecule is CCC(C)C[CH2][AlH][CH2]CC(C)CC. The van der Waals surface area contributed by atoms with Gasteiger partial charge in [-0.15, -0.1) is 0 Å². The van der Waals surface area contributed by atoms with Crippen molar-refractivity contribution in [2.45, 2.75) is 63.9 Å². The van der Waals surface area contributed by atoms with Crippen molar-refractivity contribution in [1.82, 2.24) is 0 Å². The molecular weight excluding hydrogens is 171 g/mol. The Hall–Kier alpha value is 0.532. The average Bonchev–Trinajstić information content (AvgIpc) is 2.16. The Morgan fingerprint density at radius 1 is 0.846 bits per heavy atom. The summed E-state index contributed by atoms with van der Waals surface area (Å²) in [4.78, 5) is 0. The maximum Gasteiger partial charge on any atom is 0.236 e. The monoisotopic (exact) mass is 198 g/mol. The van der Waals surface area contributed by atoms with E-state index in [-0.39, 0.29) is 0 Å².